The van der Waals surface area contributed by atoms with Crippen molar-refractivity contribution in [1.29, 1.82) is 0 Å². The molecule has 0 bridgehead atoms. The summed E-state index contributed by atoms with van der Waals surface area (Å²) in [7, 11) is 4.66. The van der Waals surface area contributed by atoms with Crippen molar-refractivity contribution in [3.05, 3.63) is 72.8 Å². The Bertz CT molecular complexity index is 1160. The fourth-order valence-corrected chi connectivity index (χ4v) is 4.22. The highest BCUT2D eigenvalue weighted by Crippen LogP contribution is 2.28. The topological polar surface area (TPSA) is 0 Å². The van der Waals surface area contributed by atoms with E-state index in [4.69, 9.17) is 0 Å². The van der Waals surface area contributed by atoms with E-state index in [-0.39, 0.29) is 0 Å². The maximum Gasteiger partial charge on any atom is 0.193 e. The van der Waals surface area contributed by atoms with Crippen molar-refractivity contribution >= 4 is 47.2 Å². The van der Waals surface area contributed by atoms with E-state index in [1.54, 1.807) is 0 Å². The van der Waals surface area contributed by atoms with Crippen LogP contribution in [0.3, 0.4) is 0 Å². The summed E-state index contributed by atoms with van der Waals surface area (Å²) in [5.74, 6) is 0. The molecule has 2 radical (unpaired) electrons. The number of hydrogen-bond acceptors (Lipinski definition) is 0. The van der Waals surface area contributed by atoms with Crippen LogP contribution >= 0.6 is 0 Å². The first-order valence-corrected chi connectivity index (χ1v) is 8.37. The molecular formula is C22H12B2. The van der Waals surface area contributed by atoms with E-state index in [1.165, 1.54) is 54.9 Å². The average Bonchev–Trinajstić information content (AvgIpc) is 3.17. The van der Waals surface area contributed by atoms with Gasteiger partial charge < -0.3 is 0 Å². The molecule has 2 heteroatoms. The molecule has 0 atom stereocenters. The zero-order chi connectivity index (χ0) is 15.7. The number of hydrogen-bond donors (Lipinski definition) is 0. The number of benzene rings is 4. The van der Waals surface area contributed by atoms with Gasteiger partial charge in [0.05, 0.1) is 0 Å². The van der Waals surface area contributed by atoms with Crippen LogP contribution in [0.5, 0.6) is 0 Å². The maximum absolute atomic E-state index is 2.36. The summed E-state index contributed by atoms with van der Waals surface area (Å²) in [4.78, 5) is 0. The third-order valence-corrected chi connectivity index (χ3v) is 5.34. The normalized spacial score (nSPS) is 12.8. The molecule has 2 heterocycles. The third kappa shape index (κ3) is 1.56. The molecule has 4 aromatic rings. The van der Waals surface area contributed by atoms with E-state index in [0.717, 1.165) is 0 Å². The second-order valence-electron chi connectivity index (χ2n) is 6.65. The van der Waals surface area contributed by atoms with Crippen molar-refractivity contribution in [2.45, 2.75) is 0 Å². The first kappa shape index (κ1) is 12.7. The summed E-state index contributed by atoms with van der Waals surface area (Å²) in [5, 5.41) is 2.65. The van der Waals surface area contributed by atoms with Crippen LogP contribution in [0.4, 0.5) is 0 Å². The smallest absolute Gasteiger partial charge is 0.0737 e. The van der Waals surface area contributed by atoms with Crippen molar-refractivity contribution in [3.8, 4) is 22.3 Å². The summed E-state index contributed by atoms with van der Waals surface area (Å²) in [6, 6.07) is 26.6. The molecule has 0 aliphatic carbocycles. The first-order chi connectivity index (χ1) is 11.9. The van der Waals surface area contributed by atoms with Crippen LogP contribution in [0, 0.1) is 0 Å². The van der Waals surface area contributed by atoms with Crippen LogP contribution in [0.25, 0.3) is 33.0 Å². The highest BCUT2D eigenvalue weighted by molar-refractivity contribution is 6.78. The summed E-state index contributed by atoms with van der Waals surface area (Å²) in [6.07, 6.45) is 0. The molecule has 4 aromatic carbocycles. The van der Waals surface area contributed by atoms with Gasteiger partial charge in [-0.15, -0.1) is 0 Å². The van der Waals surface area contributed by atoms with Crippen LogP contribution < -0.4 is 21.9 Å². The zero-order valence-corrected chi connectivity index (χ0v) is 13.1. The lowest BCUT2D eigenvalue weighted by Crippen LogP contribution is -2.24. The Morgan fingerprint density at radius 2 is 1.25 bits per heavy atom. The third-order valence-electron chi connectivity index (χ3n) is 5.34. The molecule has 0 N–H and O–H groups in total. The van der Waals surface area contributed by atoms with E-state index in [9.17, 15) is 0 Å². The number of rotatable bonds is 0. The van der Waals surface area contributed by atoms with E-state index < -0.39 is 0 Å². The minimum Gasteiger partial charge on any atom is -0.0737 e. The summed E-state index contributed by atoms with van der Waals surface area (Å²) < 4.78 is 0. The minimum absolute atomic E-state index is 1.31. The first-order valence-electron chi connectivity index (χ1n) is 8.37. The molecule has 0 amide bonds. The Balaban J connectivity index is 1.60. The van der Waals surface area contributed by atoms with Gasteiger partial charge in [0.15, 0.2) is 14.6 Å². The summed E-state index contributed by atoms with van der Waals surface area (Å²) >= 11 is 0. The molecule has 24 heavy (non-hydrogen) atoms. The molecule has 2 aliphatic rings. The van der Waals surface area contributed by atoms with Gasteiger partial charge >= 0.3 is 0 Å². The van der Waals surface area contributed by atoms with E-state index in [2.05, 4.69) is 87.4 Å². The Labute approximate surface area is 142 Å². The SMILES string of the molecule is [B]1c2ccccc2-c2cc3c(cc21)-c1ccc2ccccc2c1[B]3. The molecule has 2 aliphatic heterocycles. The predicted octanol–water partition coefficient (Wildman–Crippen LogP) is 2.11. The van der Waals surface area contributed by atoms with Crippen molar-refractivity contribution < 1.29 is 0 Å². The van der Waals surface area contributed by atoms with Crippen molar-refractivity contribution in [1.82, 2.24) is 0 Å². The van der Waals surface area contributed by atoms with Gasteiger partial charge in [0.25, 0.3) is 0 Å². The molecule has 0 saturated heterocycles. The van der Waals surface area contributed by atoms with Gasteiger partial charge in [0.1, 0.15) is 0 Å². The fourth-order valence-electron chi connectivity index (χ4n) is 4.22. The Hall–Kier alpha value is -2.73. The fraction of sp³-hybridized carbons (Fsp3) is 0. The molecule has 0 unspecified atom stereocenters. The van der Waals surface area contributed by atoms with Crippen LogP contribution in [-0.2, 0) is 0 Å². The quantitative estimate of drug-likeness (QED) is 0.377. The highest BCUT2D eigenvalue weighted by atomic mass is 14.2. The summed E-state index contributed by atoms with van der Waals surface area (Å²) in [6.45, 7) is 0. The highest BCUT2D eigenvalue weighted by Gasteiger charge is 2.26. The van der Waals surface area contributed by atoms with Crippen LogP contribution in [-0.4, -0.2) is 14.6 Å². The van der Waals surface area contributed by atoms with Crippen LogP contribution in [0.15, 0.2) is 72.8 Å². The molecular weight excluding hydrogens is 286 g/mol. The Morgan fingerprint density at radius 3 is 2.21 bits per heavy atom. The molecule has 0 spiro atoms. The van der Waals surface area contributed by atoms with E-state index >= 15 is 0 Å². The van der Waals surface area contributed by atoms with Gasteiger partial charge in [-0.1, -0.05) is 94.6 Å². The van der Waals surface area contributed by atoms with Crippen molar-refractivity contribution in [2.75, 3.05) is 0 Å². The van der Waals surface area contributed by atoms with Crippen LogP contribution in [0.2, 0.25) is 0 Å². The van der Waals surface area contributed by atoms with Crippen LogP contribution in [0.1, 0.15) is 0 Å². The molecule has 0 saturated carbocycles. The van der Waals surface area contributed by atoms with Crippen molar-refractivity contribution in [2.24, 2.45) is 0 Å². The van der Waals surface area contributed by atoms with Gasteiger partial charge in [0, 0.05) is 0 Å². The lowest BCUT2D eigenvalue weighted by Gasteiger charge is -2.08. The molecule has 6 rings (SSSR count). The summed E-state index contributed by atoms with van der Waals surface area (Å²) in [5.41, 5.74) is 10.8. The number of fused-ring (bicyclic) bond motifs is 8. The van der Waals surface area contributed by atoms with Gasteiger partial charge in [0.2, 0.25) is 0 Å². The van der Waals surface area contributed by atoms with Crippen molar-refractivity contribution in [3.63, 3.8) is 0 Å². The van der Waals surface area contributed by atoms with Gasteiger partial charge in [-0.05, 0) is 33.0 Å². The molecule has 0 fully saturated rings. The van der Waals surface area contributed by atoms with Gasteiger partial charge in [-0.25, -0.2) is 0 Å². The van der Waals surface area contributed by atoms with Gasteiger partial charge in [-0.2, -0.15) is 0 Å². The van der Waals surface area contributed by atoms with E-state index in [1.807, 2.05) is 0 Å². The monoisotopic (exact) mass is 298 g/mol. The van der Waals surface area contributed by atoms with E-state index in [0.29, 0.717) is 0 Å². The largest absolute Gasteiger partial charge is 0.193 e. The Morgan fingerprint density at radius 1 is 0.500 bits per heavy atom. The lowest BCUT2D eigenvalue weighted by molar-refractivity contribution is 1.72. The molecule has 0 nitrogen and oxygen atoms in total. The Kier molecular flexibility index (Phi) is 2.33. The second kappa shape index (κ2) is 4.42. The zero-order valence-electron chi connectivity index (χ0n) is 13.1. The minimum atomic E-state index is 1.31. The maximum atomic E-state index is 2.36. The predicted molar refractivity (Wildman–Crippen MR) is 105 cm³/mol. The standard InChI is InChI=1S/C22H12B2/c1-2-6-14-13(5-1)9-10-16-18-12-20-17(11-21(18)24-22(14)16)15-7-3-4-8-19(15)23-20/h1-12H. The molecule has 0 aromatic heterocycles. The average molecular weight is 298 g/mol. The van der Waals surface area contributed by atoms with Gasteiger partial charge in [-0.3, -0.25) is 0 Å². The molecule has 106 valence electrons. The second-order valence-corrected chi connectivity index (χ2v) is 6.65. The lowest BCUT2D eigenvalue weighted by atomic mass is 9.64.